The first kappa shape index (κ1) is 10.9. The van der Waals surface area contributed by atoms with Crippen molar-refractivity contribution in [2.75, 3.05) is 5.73 Å². The second kappa shape index (κ2) is 4.96. The van der Waals surface area contributed by atoms with Gasteiger partial charge in [-0.05, 0) is 37.1 Å². The maximum atomic E-state index is 5.87. The summed E-state index contributed by atoms with van der Waals surface area (Å²) in [5.74, 6) is 0. The number of nitrogen functional groups attached to an aromatic ring is 1. The van der Waals surface area contributed by atoms with Crippen molar-refractivity contribution in [1.29, 1.82) is 0 Å². The summed E-state index contributed by atoms with van der Waals surface area (Å²) >= 11 is 1.73. The summed E-state index contributed by atoms with van der Waals surface area (Å²) in [5.41, 5.74) is 12.6. The van der Waals surface area contributed by atoms with E-state index in [1.54, 1.807) is 11.3 Å². The Kier molecular flexibility index (Phi) is 3.61. The molecule has 0 spiro atoms. The lowest BCUT2D eigenvalue weighted by atomic mass is 9.92. The van der Waals surface area contributed by atoms with Gasteiger partial charge in [-0.25, -0.2) is 0 Å². The van der Waals surface area contributed by atoms with Crippen LogP contribution in [0.1, 0.15) is 30.6 Å². The molecule has 84 valence electrons. The maximum absolute atomic E-state index is 5.87. The molecule has 15 heavy (non-hydrogen) atoms. The Bertz CT molecular complexity index is 303. The fourth-order valence-corrected chi connectivity index (χ4v) is 2.80. The zero-order valence-electron chi connectivity index (χ0n) is 8.91. The normalized spacial score (nSPS) is 26.7. The van der Waals surface area contributed by atoms with E-state index in [0.29, 0.717) is 12.1 Å². The first-order chi connectivity index (χ1) is 7.25. The van der Waals surface area contributed by atoms with E-state index in [1.807, 2.05) is 11.4 Å². The van der Waals surface area contributed by atoms with Crippen molar-refractivity contribution in [3.63, 3.8) is 0 Å². The summed E-state index contributed by atoms with van der Waals surface area (Å²) in [4.78, 5) is 1.25. The van der Waals surface area contributed by atoms with E-state index in [9.17, 15) is 0 Å². The van der Waals surface area contributed by atoms with Gasteiger partial charge in [0.15, 0.2) is 0 Å². The van der Waals surface area contributed by atoms with E-state index >= 15 is 0 Å². The minimum absolute atomic E-state index is 0.426. The zero-order chi connectivity index (χ0) is 10.7. The molecule has 1 saturated carbocycles. The molecule has 5 N–H and O–H groups in total. The molecule has 0 aromatic carbocycles. The molecule has 0 bridgehead atoms. The third kappa shape index (κ3) is 2.93. The van der Waals surface area contributed by atoms with Crippen LogP contribution in [0.4, 0.5) is 5.69 Å². The van der Waals surface area contributed by atoms with E-state index in [-0.39, 0.29) is 0 Å². The van der Waals surface area contributed by atoms with Crippen LogP contribution in [0.5, 0.6) is 0 Å². The Labute approximate surface area is 94.9 Å². The SMILES string of the molecule is Nc1ccsc1CNC1CCC(N)CC1. The molecule has 0 amide bonds. The Balaban J connectivity index is 1.77. The first-order valence-electron chi connectivity index (χ1n) is 5.56. The zero-order valence-corrected chi connectivity index (χ0v) is 9.72. The fraction of sp³-hybridized carbons (Fsp3) is 0.636. The van der Waals surface area contributed by atoms with E-state index in [0.717, 1.165) is 25.1 Å². The quantitative estimate of drug-likeness (QED) is 0.733. The molecule has 0 saturated heterocycles. The lowest BCUT2D eigenvalue weighted by Gasteiger charge is -2.26. The number of rotatable bonds is 3. The summed E-state index contributed by atoms with van der Waals surface area (Å²) in [5, 5.41) is 5.61. The van der Waals surface area contributed by atoms with Crippen molar-refractivity contribution >= 4 is 17.0 Å². The molecule has 1 aliphatic rings. The number of hydrogen-bond donors (Lipinski definition) is 3. The summed E-state index contributed by atoms with van der Waals surface area (Å²) < 4.78 is 0. The van der Waals surface area contributed by atoms with Gasteiger partial charge in [-0.2, -0.15) is 0 Å². The molecule has 0 unspecified atom stereocenters. The molecular formula is C11H19N3S. The molecule has 2 rings (SSSR count). The van der Waals surface area contributed by atoms with Crippen molar-refractivity contribution in [3.05, 3.63) is 16.3 Å². The van der Waals surface area contributed by atoms with Gasteiger partial charge >= 0.3 is 0 Å². The highest BCUT2D eigenvalue weighted by Crippen LogP contribution is 2.21. The number of hydrogen-bond acceptors (Lipinski definition) is 4. The molecule has 0 aliphatic heterocycles. The number of anilines is 1. The van der Waals surface area contributed by atoms with Crippen molar-refractivity contribution in [2.45, 2.75) is 44.3 Å². The Morgan fingerprint density at radius 2 is 2.07 bits per heavy atom. The van der Waals surface area contributed by atoms with Gasteiger partial charge in [-0.15, -0.1) is 11.3 Å². The van der Waals surface area contributed by atoms with Gasteiger partial charge in [0.25, 0.3) is 0 Å². The van der Waals surface area contributed by atoms with Crippen LogP contribution < -0.4 is 16.8 Å². The molecule has 0 radical (unpaired) electrons. The highest BCUT2D eigenvalue weighted by Gasteiger charge is 2.17. The molecule has 1 fully saturated rings. The average Bonchev–Trinajstić information content (AvgIpc) is 2.63. The standard InChI is InChI=1S/C11H19N3S/c12-8-1-3-9(4-2-8)14-7-11-10(13)5-6-15-11/h5-6,8-9,14H,1-4,7,12-13H2. The van der Waals surface area contributed by atoms with Crippen LogP contribution in [0.3, 0.4) is 0 Å². The van der Waals surface area contributed by atoms with Crippen molar-refractivity contribution < 1.29 is 0 Å². The molecule has 0 atom stereocenters. The number of nitrogens with two attached hydrogens (primary N) is 2. The highest BCUT2D eigenvalue weighted by atomic mass is 32.1. The van der Waals surface area contributed by atoms with Gasteiger partial charge in [-0.1, -0.05) is 0 Å². The third-order valence-corrected chi connectivity index (χ3v) is 4.04. The fourth-order valence-electron chi connectivity index (χ4n) is 2.05. The van der Waals surface area contributed by atoms with Crippen LogP contribution in [-0.4, -0.2) is 12.1 Å². The van der Waals surface area contributed by atoms with Crippen LogP contribution in [0, 0.1) is 0 Å². The predicted octanol–water partition coefficient (Wildman–Crippen LogP) is 1.69. The van der Waals surface area contributed by atoms with E-state index in [1.165, 1.54) is 17.7 Å². The molecule has 1 aromatic heterocycles. The number of thiophene rings is 1. The van der Waals surface area contributed by atoms with Crippen LogP contribution in [-0.2, 0) is 6.54 Å². The number of nitrogens with one attached hydrogen (secondary N) is 1. The van der Waals surface area contributed by atoms with Gasteiger partial charge in [0, 0.05) is 29.2 Å². The Morgan fingerprint density at radius 3 is 2.67 bits per heavy atom. The first-order valence-corrected chi connectivity index (χ1v) is 6.44. The molecule has 1 aromatic rings. The van der Waals surface area contributed by atoms with Crippen molar-refractivity contribution in [1.82, 2.24) is 5.32 Å². The largest absolute Gasteiger partial charge is 0.398 e. The van der Waals surface area contributed by atoms with E-state index < -0.39 is 0 Å². The molecule has 1 aliphatic carbocycles. The molecule has 4 heteroatoms. The van der Waals surface area contributed by atoms with Gasteiger partial charge in [0.1, 0.15) is 0 Å². The smallest absolute Gasteiger partial charge is 0.0468 e. The third-order valence-electron chi connectivity index (χ3n) is 3.10. The summed E-state index contributed by atoms with van der Waals surface area (Å²) in [6.07, 6.45) is 4.70. The summed E-state index contributed by atoms with van der Waals surface area (Å²) in [7, 11) is 0. The minimum atomic E-state index is 0.426. The summed E-state index contributed by atoms with van der Waals surface area (Å²) in [6, 6.07) is 3.03. The van der Waals surface area contributed by atoms with Crippen molar-refractivity contribution in [2.24, 2.45) is 5.73 Å². The minimum Gasteiger partial charge on any atom is -0.398 e. The van der Waals surface area contributed by atoms with Gasteiger partial charge < -0.3 is 16.8 Å². The Morgan fingerprint density at radius 1 is 1.33 bits per heavy atom. The second-order valence-electron chi connectivity index (χ2n) is 4.29. The van der Waals surface area contributed by atoms with Crippen LogP contribution in [0.2, 0.25) is 0 Å². The molecule has 3 nitrogen and oxygen atoms in total. The lowest BCUT2D eigenvalue weighted by molar-refractivity contribution is 0.342. The van der Waals surface area contributed by atoms with E-state index in [2.05, 4.69) is 5.32 Å². The second-order valence-corrected chi connectivity index (χ2v) is 5.29. The van der Waals surface area contributed by atoms with Gasteiger partial charge in [-0.3, -0.25) is 0 Å². The topological polar surface area (TPSA) is 64.1 Å². The van der Waals surface area contributed by atoms with Gasteiger partial charge in [0.2, 0.25) is 0 Å². The maximum Gasteiger partial charge on any atom is 0.0468 e. The van der Waals surface area contributed by atoms with Crippen LogP contribution >= 0.6 is 11.3 Å². The Hall–Kier alpha value is -0.580. The van der Waals surface area contributed by atoms with Crippen molar-refractivity contribution in [3.8, 4) is 0 Å². The van der Waals surface area contributed by atoms with E-state index in [4.69, 9.17) is 11.5 Å². The van der Waals surface area contributed by atoms with Gasteiger partial charge in [0.05, 0.1) is 0 Å². The molecule has 1 heterocycles. The lowest BCUT2D eigenvalue weighted by Crippen LogP contribution is -2.36. The van der Waals surface area contributed by atoms with Crippen LogP contribution in [0.25, 0.3) is 0 Å². The molecular weight excluding hydrogens is 206 g/mol. The summed E-state index contributed by atoms with van der Waals surface area (Å²) in [6.45, 7) is 0.906. The highest BCUT2D eigenvalue weighted by molar-refractivity contribution is 7.10. The predicted molar refractivity (Wildman–Crippen MR) is 65.8 cm³/mol. The average molecular weight is 225 g/mol. The monoisotopic (exact) mass is 225 g/mol. The van der Waals surface area contributed by atoms with Crippen LogP contribution in [0.15, 0.2) is 11.4 Å².